The molecule has 2 saturated carbocycles. The van der Waals surface area contributed by atoms with Gasteiger partial charge in [-0.15, -0.1) is 0 Å². The Morgan fingerprint density at radius 3 is 2.63 bits per heavy atom. The second kappa shape index (κ2) is 4.54. The summed E-state index contributed by atoms with van der Waals surface area (Å²) in [6.07, 6.45) is 2.11. The first-order chi connectivity index (χ1) is 8.98. The molecule has 19 heavy (non-hydrogen) atoms. The number of fused-ring (bicyclic) bond motifs is 2. The number of aliphatic hydroxyl groups excluding tert-OH is 1. The van der Waals surface area contributed by atoms with Crippen LogP contribution in [0.2, 0.25) is 0 Å². The molecule has 0 aromatic carbocycles. The first-order valence-electron chi connectivity index (χ1n) is 7.50. The number of carbonyl (C=O) groups excluding carboxylic acids is 1. The zero-order valence-corrected chi connectivity index (χ0v) is 12.0. The maximum atomic E-state index is 12.5. The minimum Gasteiger partial charge on any atom is -0.391 e. The molecule has 2 bridgehead atoms. The molecular weight excluding hydrogens is 242 g/mol. The van der Waals surface area contributed by atoms with Crippen LogP contribution in [0.4, 0.5) is 0 Å². The summed E-state index contributed by atoms with van der Waals surface area (Å²) in [6.45, 7) is 8.18. The van der Waals surface area contributed by atoms with Crippen LogP contribution < -0.4 is 0 Å². The molecule has 0 amide bonds. The smallest absolute Gasteiger partial charge is 0.142 e. The molecule has 0 radical (unpaired) electrons. The summed E-state index contributed by atoms with van der Waals surface area (Å²) in [7, 11) is 0. The van der Waals surface area contributed by atoms with Gasteiger partial charge in [0, 0.05) is 26.1 Å². The van der Waals surface area contributed by atoms with Crippen LogP contribution >= 0.6 is 0 Å². The van der Waals surface area contributed by atoms with E-state index in [1.54, 1.807) is 0 Å². The van der Waals surface area contributed by atoms with E-state index in [4.69, 9.17) is 4.74 Å². The second-order valence-corrected chi connectivity index (χ2v) is 6.98. The molecule has 4 heteroatoms. The molecule has 1 heterocycles. The van der Waals surface area contributed by atoms with Crippen molar-refractivity contribution in [3.8, 4) is 0 Å². The molecule has 0 aromatic rings. The van der Waals surface area contributed by atoms with Gasteiger partial charge < -0.3 is 9.84 Å². The first-order valence-corrected chi connectivity index (χ1v) is 7.50. The lowest BCUT2D eigenvalue weighted by Crippen LogP contribution is -2.52. The van der Waals surface area contributed by atoms with Crippen molar-refractivity contribution in [3.05, 3.63) is 0 Å². The van der Waals surface area contributed by atoms with Crippen molar-refractivity contribution in [1.29, 1.82) is 0 Å². The normalized spacial score (nSPS) is 39.7. The molecule has 0 unspecified atom stereocenters. The van der Waals surface area contributed by atoms with Crippen molar-refractivity contribution in [3.63, 3.8) is 0 Å². The number of nitrogens with zero attached hydrogens (tertiary/aromatic N) is 1. The molecule has 0 aromatic heterocycles. The van der Waals surface area contributed by atoms with E-state index in [2.05, 4.69) is 18.7 Å². The number of hydrogen-bond acceptors (Lipinski definition) is 4. The van der Waals surface area contributed by atoms with Gasteiger partial charge in [-0.1, -0.05) is 13.8 Å². The van der Waals surface area contributed by atoms with Crippen LogP contribution in [-0.4, -0.2) is 54.7 Å². The summed E-state index contributed by atoms with van der Waals surface area (Å²) in [5.74, 6) is 0.772. The lowest BCUT2D eigenvalue weighted by molar-refractivity contribution is -0.140. The maximum Gasteiger partial charge on any atom is 0.142 e. The van der Waals surface area contributed by atoms with Gasteiger partial charge >= 0.3 is 0 Å². The zero-order valence-electron chi connectivity index (χ0n) is 12.0. The quantitative estimate of drug-likeness (QED) is 0.831. The fourth-order valence-corrected chi connectivity index (χ4v) is 4.68. The molecule has 0 spiro atoms. The van der Waals surface area contributed by atoms with Crippen LogP contribution in [0.15, 0.2) is 0 Å². The Morgan fingerprint density at radius 1 is 1.42 bits per heavy atom. The molecule has 3 atom stereocenters. The van der Waals surface area contributed by atoms with Crippen molar-refractivity contribution in [1.82, 2.24) is 4.90 Å². The molecule has 1 aliphatic heterocycles. The van der Waals surface area contributed by atoms with Crippen LogP contribution in [-0.2, 0) is 9.53 Å². The Hall–Kier alpha value is -0.450. The van der Waals surface area contributed by atoms with Gasteiger partial charge in [0.2, 0.25) is 0 Å². The molecule has 4 nitrogen and oxygen atoms in total. The second-order valence-electron chi connectivity index (χ2n) is 6.98. The number of carbonyl (C=O) groups is 1. The molecule has 1 saturated heterocycles. The number of rotatable bonds is 3. The van der Waals surface area contributed by atoms with Crippen molar-refractivity contribution >= 4 is 5.78 Å². The van der Waals surface area contributed by atoms with E-state index in [1.807, 2.05) is 0 Å². The Morgan fingerprint density at radius 2 is 2.11 bits per heavy atom. The van der Waals surface area contributed by atoms with Crippen molar-refractivity contribution in [2.24, 2.45) is 16.7 Å². The number of β-amino-alcohol motifs (C(OH)–C–C–N with tert-alkyl or cyclic N) is 1. The highest BCUT2D eigenvalue weighted by Crippen LogP contribution is 2.65. The highest BCUT2D eigenvalue weighted by atomic mass is 16.5. The highest BCUT2D eigenvalue weighted by molar-refractivity contribution is 5.90. The van der Waals surface area contributed by atoms with Crippen LogP contribution in [0.3, 0.4) is 0 Å². The van der Waals surface area contributed by atoms with Gasteiger partial charge in [0.15, 0.2) is 0 Å². The monoisotopic (exact) mass is 267 g/mol. The van der Waals surface area contributed by atoms with Gasteiger partial charge in [-0.05, 0) is 24.2 Å². The van der Waals surface area contributed by atoms with Gasteiger partial charge in [0.1, 0.15) is 5.78 Å². The van der Waals surface area contributed by atoms with E-state index >= 15 is 0 Å². The first kappa shape index (κ1) is 13.5. The van der Waals surface area contributed by atoms with E-state index in [0.717, 1.165) is 39.1 Å². The third-order valence-electron chi connectivity index (χ3n) is 6.09. The largest absolute Gasteiger partial charge is 0.391 e. The van der Waals surface area contributed by atoms with E-state index < -0.39 is 11.5 Å². The molecule has 3 rings (SSSR count). The lowest BCUT2D eigenvalue weighted by atomic mass is 9.65. The molecule has 2 aliphatic carbocycles. The third kappa shape index (κ3) is 1.80. The van der Waals surface area contributed by atoms with E-state index in [9.17, 15) is 9.90 Å². The van der Waals surface area contributed by atoms with E-state index in [1.165, 1.54) is 0 Å². The number of ketones is 1. The number of morpholine rings is 1. The van der Waals surface area contributed by atoms with Gasteiger partial charge in [0.25, 0.3) is 0 Å². The summed E-state index contributed by atoms with van der Waals surface area (Å²) in [6, 6.07) is 0. The van der Waals surface area contributed by atoms with Gasteiger partial charge in [-0.3, -0.25) is 9.69 Å². The van der Waals surface area contributed by atoms with Crippen LogP contribution in [0.5, 0.6) is 0 Å². The van der Waals surface area contributed by atoms with E-state index in [-0.39, 0.29) is 5.41 Å². The maximum absolute atomic E-state index is 12.5. The van der Waals surface area contributed by atoms with Crippen LogP contribution in [0, 0.1) is 16.7 Å². The lowest BCUT2D eigenvalue weighted by Gasteiger charge is -2.42. The molecule has 3 fully saturated rings. The fraction of sp³-hybridized carbons (Fsp3) is 0.933. The van der Waals surface area contributed by atoms with E-state index in [0.29, 0.717) is 24.7 Å². The molecule has 1 N–H and O–H groups in total. The summed E-state index contributed by atoms with van der Waals surface area (Å²) in [4.78, 5) is 14.7. The fourth-order valence-electron chi connectivity index (χ4n) is 4.68. The number of hydrogen-bond donors (Lipinski definition) is 1. The molecule has 108 valence electrons. The number of aliphatic hydroxyl groups is 1. The molecule has 3 aliphatic rings. The predicted molar refractivity (Wildman–Crippen MR) is 71.8 cm³/mol. The Kier molecular flexibility index (Phi) is 3.23. The summed E-state index contributed by atoms with van der Waals surface area (Å²) in [5, 5.41) is 10.8. The van der Waals surface area contributed by atoms with Crippen LogP contribution in [0.1, 0.15) is 33.1 Å². The molecular formula is C15H25NO3. The SMILES string of the molecule is CC1(C)[C@@H]2CC[C@@]1([C@@H](O)CN1CCOCC1)C(=O)C2. The predicted octanol–water partition coefficient (Wildman–Crippen LogP) is 1.07. The third-order valence-corrected chi connectivity index (χ3v) is 6.09. The zero-order chi connectivity index (χ0) is 13.7. The Labute approximate surface area is 115 Å². The summed E-state index contributed by atoms with van der Waals surface area (Å²) >= 11 is 0. The highest BCUT2D eigenvalue weighted by Gasteiger charge is 2.67. The number of Topliss-reactive ketones (excluding diaryl/α,β-unsaturated/α-hetero) is 1. The minimum absolute atomic E-state index is 0.0458. The van der Waals surface area contributed by atoms with Crippen molar-refractivity contribution in [2.45, 2.75) is 39.2 Å². The summed E-state index contributed by atoms with van der Waals surface area (Å²) in [5.41, 5.74) is -0.536. The number of ether oxygens (including phenoxy) is 1. The average Bonchev–Trinajstić information content (AvgIpc) is 2.74. The van der Waals surface area contributed by atoms with Gasteiger partial charge in [-0.2, -0.15) is 0 Å². The average molecular weight is 267 g/mol. The van der Waals surface area contributed by atoms with Gasteiger partial charge in [-0.25, -0.2) is 0 Å². The minimum atomic E-state index is -0.527. The Bertz CT molecular complexity index is 376. The van der Waals surface area contributed by atoms with Crippen LogP contribution in [0.25, 0.3) is 0 Å². The topological polar surface area (TPSA) is 49.8 Å². The standard InChI is InChI=1S/C15H25NO3/c1-14(2)11-3-4-15(14,12(17)9-11)13(18)10-16-5-7-19-8-6-16/h11,13,18H,3-10H2,1-2H3/t11-,13+,15+/m1/s1. The van der Waals surface area contributed by atoms with Gasteiger partial charge in [0.05, 0.1) is 24.7 Å². The van der Waals surface area contributed by atoms with Crippen molar-refractivity contribution in [2.75, 3.05) is 32.8 Å². The van der Waals surface area contributed by atoms with Crippen molar-refractivity contribution < 1.29 is 14.6 Å². The summed E-state index contributed by atoms with van der Waals surface area (Å²) < 4.78 is 5.34. The Balaban J connectivity index is 1.77.